The highest BCUT2D eigenvalue weighted by molar-refractivity contribution is 5.88. The van der Waals surface area contributed by atoms with Crippen LogP contribution in [0.4, 0.5) is 0 Å². The largest absolute Gasteiger partial charge is 0.368 e. The number of primary amides is 1. The molecule has 1 aliphatic heterocycles. The first-order valence-corrected chi connectivity index (χ1v) is 9.05. The number of hydrogen-bond acceptors (Lipinski definition) is 3. The number of nitrogens with one attached hydrogen (secondary N) is 1. The van der Waals surface area contributed by atoms with Gasteiger partial charge in [-0.2, -0.15) is 0 Å². The average molecular weight is 341 g/mol. The quantitative estimate of drug-likeness (QED) is 0.745. The lowest BCUT2D eigenvalue weighted by Crippen LogP contribution is -2.49. The van der Waals surface area contributed by atoms with Gasteiger partial charge in [0.1, 0.15) is 0 Å². The van der Waals surface area contributed by atoms with E-state index in [2.05, 4.69) is 17.4 Å². The summed E-state index contributed by atoms with van der Waals surface area (Å²) in [5.74, 6) is 0.288. The summed E-state index contributed by atoms with van der Waals surface area (Å²) in [6.45, 7) is 5.28. The number of hydrogen-bond donors (Lipinski definition) is 2. The third-order valence-electron chi connectivity index (χ3n) is 5.07. The summed E-state index contributed by atoms with van der Waals surface area (Å²) < 4.78 is 0. The van der Waals surface area contributed by atoms with Gasteiger partial charge >= 0.3 is 0 Å². The van der Waals surface area contributed by atoms with E-state index in [4.69, 9.17) is 5.73 Å². The van der Waals surface area contributed by atoms with Crippen molar-refractivity contribution in [2.75, 3.05) is 0 Å². The Hall–Kier alpha value is -2.14. The SMILES string of the molecule is CC(C)[C@H](N[C@H](/C=C/C(=O)N1Cc2ccccc2C1)C1CC1)C(N)=O. The zero-order valence-corrected chi connectivity index (χ0v) is 14.9. The minimum Gasteiger partial charge on any atom is -0.368 e. The van der Waals surface area contributed by atoms with E-state index in [1.807, 2.05) is 37.0 Å². The fraction of sp³-hybridized carbons (Fsp3) is 0.500. The minimum absolute atomic E-state index is 0.0174. The molecule has 2 aliphatic rings. The maximum atomic E-state index is 12.5. The molecular formula is C20H27N3O2. The van der Waals surface area contributed by atoms with Gasteiger partial charge in [-0.05, 0) is 35.8 Å². The summed E-state index contributed by atoms with van der Waals surface area (Å²) in [4.78, 5) is 26.0. The molecule has 2 amide bonds. The number of nitrogens with zero attached hydrogens (tertiary/aromatic N) is 1. The van der Waals surface area contributed by atoms with Crippen LogP contribution in [0.15, 0.2) is 36.4 Å². The van der Waals surface area contributed by atoms with Gasteiger partial charge < -0.3 is 10.6 Å². The summed E-state index contributed by atoms with van der Waals surface area (Å²) in [7, 11) is 0. The molecule has 3 N–H and O–H groups in total. The zero-order chi connectivity index (χ0) is 18.0. The smallest absolute Gasteiger partial charge is 0.246 e. The highest BCUT2D eigenvalue weighted by Crippen LogP contribution is 2.34. The molecule has 5 heteroatoms. The third-order valence-corrected chi connectivity index (χ3v) is 5.07. The molecule has 5 nitrogen and oxygen atoms in total. The van der Waals surface area contributed by atoms with Crippen molar-refractivity contribution >= 4 is 11.8 Å². The maximum Gasteiger partial charge on any atom is 0.246 e. The highest BCUT2D eigenvalue weighted by atomic mass is 16.2. The van der Waals surface area contributed by atoms with Crippen molar-refractivity contribution in [1.82, 2.24) is 10.2 Å². The molecule has 25 heavy (non-hydrogen) atoms. The van der Waals surface area contributed by atoms with Crippen LogP contribution < -0.4 is 11.1 Å². The average Bonchev–Trinajstić information content (AvgIpc) is 3.31. The van der Waals surface area contributed by atoms with Crippen molar-refractivity contribution in [2.24, 2.45) is 17.6 Å². The van der Waals surface area contributed by atoms with E-state index in [0.29, 0.717) is 19.0 Å². The van der Waals surface area contributed by atoms with E-state index in [1.54, 1.807) is 6.08 Å². The monoisotopic (exact) mass is 341 g/mol. The van der Waals surface area contributed by atoms with E-state index in [0.717, 1.165) is 12.8 Å². The summed E-state index contributed by atoms with van der Waals surface area (Å²) in [6, 6.07) is 7.80. The van der Waals surface area contributed by atoms with Gasteiger partial charge in [-0.15, -0.1) is 0 Å². The molecule has 1 aromatic rings. The van der Waals surface area contributed by atoms with E-state index in [1.165, 1.54) is 11.1 Å². The fourth-order valence-corrected chi connectivity index (χ4v) is 3.39. The Bertz CT molecular complexity index is 654. The molecule has 0 aromatic heterocycles. The van der Waals surface area contributed by atoms with Crippen LogP contribution in [0.2, 0.25) is 0 Å². The first kappa shape index (κ1) is 17.7. The van der Waals surface area contributed by atoms with Gasteiger partial charge in [-0.1, -0.05) is 44.2 Å². The second-order valence-corrected chi connectivity index (χ2v) is 7.48. The standard InChI is InChI=1S/C20H27N3O2/c1-13(2)19(20(21)25)22-17(14-7-8-14)9-10-18(24)23-11-15-5-3-4-6-16(15)12-23/h3-6,9-10,13-14,17,19,22H,7-8,11-12H2,1-2H3,(H2,21,25)/b10-9+/t17-,19+/m1/s1. The van der Waals surface area contributed by atoms with Gasteiger partial charge in [-0.3, -0.25) is 14.9 Å². The van der Waals surface area contributed by atoms with Gasteiger partial charge in [0.15, 0.2) is 0 Å². The van der Waals surface area contributed by atoms with Crippen LogP contribution in [-0.4, -0.2) is 28.8 Å². The number of carbonyl (C=O) groups is 2. The van der Waals surface area contributed by atoms with Gasteiger partial charge in [0.05, 0.1) is 6.04 Å². The Labute approximate surface area is 149 Å². The Balaban J connectivity index is 1.62. The van der Waals surface area contributed by atoms with Crippen molar-refractivity contribution in [3.8, 4) is 0 Å². The molecule has 1 aromatic carbocycles. The van der Waals surface area contributed by atoms with Crippen LogP contribution in [0.25, 0.3) is 0 Å². The van der Waals surface area contributed by atoms with Gasteiger partial charge in [0.25, 0.3) is 0 Å². The van der Waals surface area contributed by atoms with Crippen molar-refractivity contribution in [1.29, 1.82) is 0 Å². The molecule has 1 saturated carbocycles. The van der Waals surface area contributed by atoms with Crippen LogP contribution in [0, 0.1) is 11.8 Å². The molecule has 0 spiro atoms. The van der Waals surface area contributed by atoms with E-state index in [9.17, 15) is 9.59 Å². The van der Waals surface area contributed by atoms with E-state index in [-0.39, 0.29) is 29.8 Å². The molecule has 1 aliphatic carbocycles. The number of carbonyl (C=O) groups excluding carboxylic acids is 2. The Kier molecular flexibility index (Phi) is 5.23. The van der Waals surface area contributed by atoms with E-state index < -0.39 is 0 Å². The zero-order valence-electron chi connectivity index (χ0n) is 14.9. The van der Waals surface area contributed by atoms with Crippen molar-refractivity contribution < 1.29 is 9.59 Å². The van der Waals surface area contributed by atoms with Crippen LogP contribution >= 0.6 is 0 Å². The normalized spacial score (nSPS) is 19.2. The maximum absolute atomic E-state index is 12.5. The van der Waals surface area contributed by atoms with E-state index >= 15 is 0 Å². The molecule has 0 radical (unpaired) electrons. The number of benzene rings is 1. The molecular weight excluding hydrogens is 314 g/mol. The molecule has 1 heterocycles. The summed E-state index contributed by atoms with van der Waals surface area (Å²) >= 11 is 0. The molecule has 2 atom stereocenters. The Morgan fingerprint density at radius 1 is 1.20 bits per heavy atom. The fourth-order valence-electron chi connectivity index (χ4n) is 3.39. The minimum atomic E-state index is -0.374. The molecule has 134 valence electrons. The number of amides is 2. The van der Waals surface area contributed by atoms with Gasteiger partial charge in [-0.25, -0.2) is 0 Å². The second-order valence-electron chi connectivity index (χ2n) is 7.48. The number of nitrogens with two attached hydrogens (primary N) is 1. The first-order valence-electron chi connectivity index (χ1n) is 9.05. The second kappa shape index (κ2) is 7.40. The molecule has 3 rings (SSSR count). The highest BCUT2D eigenvalue weighted by Gasteiger charge is 2.33. The van der Waals surface area contributed by atoms with Gasteiger partial charge in [0, 0.05) is 25.2 Å². The Morgan fingerprint density at radius 3 is 2.28 bits per heavy atom. The number of rotatable bonds is 7. The molecule has 0 unspecified atom stereocenters. The van der Waals surface area contributed by atoms with Crippen LogP contribution in [-0.2, 0) is 22.7 Å². The first-order chi connectivity index (χ1) is 12.0. The van der Waals surface area contributed by atoms with Gasteiger partial charge in [0.2, 0.25) is 11.8 Å². The summed E-state index contributed by atoms with van der Waals surface area (Å²) in [6.07, 6.45) is 5.81. The lowest BCUT2D eigenvalue weighted by atomic mass is 10.0. The Morgan fingerprint density at radius 2 is 1.80 bits per heavy atom. The lowest BCUT2D eigenvalue weighted by molar-refractivity contribution is -0.126. The molecule has 0 saturated heterocycles. The van der Waals surface area contributed by atoms with Crippen LogP contribution in [0.3, 0.4) is 0 Å². The topological polar surface area (TPSA) is 75.4 Å². The molecule has 1 fully saturated rings. The summed E-state index contributed by atoms with van der Waals surface area (Å²) in [5, 5.41) is 3.35. The predicted molar refractivity (Wildman–Crippen MR) is 97.3 cm³/mol. The van der Waals surface area contributed by atoms with Crippen LogP contribution in [0.5, 0.6) is 0 Å². The van der Waals surface area contributed by atoms with Crippen molar-refractivity contribution in [3.63, 3.8) is 0 Å². The number of fused-ring (bicyclic) bond motifs is 1. The predicted octanol–water partition coefficient (Wildman–Crippen LogP) is 1.96. The molecule has 0 bridgehead atoms. The summed E-state index contributed by atoms with van der Waals surface area (Å²) in [5.41, 5.74) is 7.94. The third kappa shape index (κ3) is 4.28. The lowest BCUT2D eigenvalue weighted by Gasteiger charge is -2.24. The van der Waals surface area contributed by atoms with Crippen molar-refractivity contribution in [3.05, 3.63) is 47.5 Å². The van der Waals surface area contributed by atoms with Crippen molar-refractivity contribution in [2.45, 2.75) is 51.9 Å². The van der Waals surface area contributed by atoms with Crippen LogP contribution in [0.1, 0.15) is 37.8 Å².